The van der Waals surface area contributed by atoms with E-state index in [1.165, 1.54) is 29.4 Å². The minimum Gasteiger partial charge on any atom is -0.478 e. The Bertz CT molecular complexity index is 951. The average molecular weight is 402 g/mol. The second-order valence-electron chi connectivity index (χ2n) is 6.00. The predicted molar refractivity (Wildman–Crippen MR) is 103 cm³/mol. The number of amides is 1. The molecular formula is C19H18N2O6S. The van der Waals surface area contributed by atoms with Crippen LogP contribution in [0.3, 0.4) is 0 Å². The quantitative estimate of drug-likeness (QED) is 0.605. The third-order valence-electron chi connectivity index (χ3n) is 4.32. The van der Waals surface area contributed by atoms with Crippen LogP contribution < -0.4 is 5.32 Å². The number of carbonyl (C=O) groups is 3. The van der Waals surface area contributed by atoms with Gasteiger partial charge in [-0.05, 0) is 40.1 Å². The van der Waals surface area contributed by atoms with Gasteiger partial charge in [-0.25, -0.2) is 9.59 Å². The molecule has 0 unspecified atom stereocenters. The summed E-state index contributed by atoms with van der Waals surface area (Å²) in [7, 11) is 1.20. The topological polar surface area (TPSA) is 116 Å². The van der Waals surface area contributed by atoms with Gasteiger partial charge in [-0.1, -0.05) is 6.07 Å². The Balaban J connectivity index is 2.04. The summed E-state index contributed by atoms with van der Waals surface area (Å²) >= 11 is 1.51. The number of carboxylic acid groups (broad SMARTS) is 1. The van der Waals surface area contributed by atoms with Gasteiger partial charge in [0.25, 0.3) is 5.91 Å². The van der Waals surface area contributed by atoms with Crippen molar-refractivity contribution in [3.8, 4) is 11.1 Å². The number of rotatable bonds is 7. The Hall–Kier alpha value is -3.17. The molecule has 146 valence electrons. The smallest absolute Gasteiger partial charge is 0.337 e. The second kappa shape index (κ2) is 8.24. The normalized spacial score (nSPS) is 13.8. The zero-order chi connectivity index (χ0) is 20.3. The maximum Gasteiger partial charge on any atom is 0.337 e. The van der Waals surface area contributed by atoms with Crippen molar-refractivity contribution in [2.75, 3.05) is 32.1 Å². The van der Waals surface area contributed by atoms with Crippen molar-refractivity contribution in [2.24, 2.45) is 0 Å². The first-order valence-corrected chi connectivity index (χ1v) is 9.29. The van der Waals surface area contributed by atoms with Crippen LogP contribution >= 0.6 is 11.3 Å². The zero-order valence-electron chi connectivity index (χ0n) is 15.0. The molecule has 28 heavy (non-hydrogen) atoms. The van der Waals surface area contributed by atoms with Gasteiger partial charge in [-0.3, -0.25) is 4.79 Å². The number of anilines is 1. The van der Waals surface area contributed by atoms with Gasteiger partial charge in [0, 0.05) is 6.54 Å². The molecule has 3 N–H and O–H groups in total. The lowest BCUT2D eigenvalue weighted by Crippen LogP contribution is -2.31. The standard InChI is InChI=1S/C19H18N2O6S/c1-27-19(26)14-9-21(5-6-22)17(23)16(14)20-15-8-11(12-4-7-28-10-12)2-3-13(15)18(24)25/h2-4,7-8,10,20,22H,5-6,9H2,1H3,(H,24,25). The molecule has 0 atom stereocenters. The van der Waals surface area contributed by atoms with Gasteiger partial charge >= 0.3 is 11.9 Å². The fraction of sp³-hybridized carbons (Fsp3) is 0.211. The summed E-state index contributed by atoms with van der Waals surface area (Å²) in [5.74, 6) is -2.37. The Kier molecular flexibility index (Phi) is 5.76. The largest absolute Gasteiger partial charge is 0.478 e. The number of carbonyl (C=O) groups excluding carboxylic acids is 2. The van der Waals surface area contributed by atoms with E-state index in [9.17, 15) is 19.5 Å². The number of thiophene rings is 1. The summed E-state index contributed by atoms with van der Waals surface area (Å²) in [5, 5.41) is 25.3. The van der Waals surface area contributed by atoms with Gasteiger partial charge in [0.1, 0.15) is 5.70 Å². The molecule has 0 radical (unpaired) electrons. The number of nitrogens with zero attached hydrogens (tertiary/aromatic N) is 1. The number of hydrogen-bond acceptors (Lipinski definition) is 7. The summed E-state index contributed by atoms with van der Waals surface area (Å²) in [6.45, 7) is -0.242. The number of methoxy groups -OCH3 is 1. The van der Waals surface area contributed by atoms with Crippen LogP contribution in [0.15, 0.2) is 46.3 Å². The maximum absolute atomic E-state index is 12.7. The third kappa shape index (κ3) is 3.75. The van der Waals surface area contributed by atoms with Gasteiger partial charge < -0.3 is 25.2 Å². The highest BCUT2D eigenvalue weighted by Gasteiger charge is 2.35. The predicted octanol–water partition coefficient (Wildman–Crippen LogP) is 1.79. The highest BCUT2D eigenvalue weighted by molar-refractivity contribution is 7.08. The molecular weight excluding hydrogens is 384 g/mol. The van der Waals surface area contributed by atoms with Crippen LogP contribution in [0.5, 0.6) is 0 Å². The van der Waals surface area contributed by atoms with Crippen molar-refractivity contribution in [3.63, 3.8) is 0 Å². The number of β-amino-alcohol motifs (C(OH)–C–C–N with tert-alkyl or cyclic N) is 1. The van der Waals surface area contributed by atoms with Crippen LogP contribution in [-0.4, -0.2) is 59.8 Å². The highest BCUT2D eigenvalue weighted by Crippen LogP contribution is 2.30. The average Bonchev–Trinajstić information content (AvgIpc) is 3.32. The number of aliphatic hydroxyl groups excluding tert-OH is 1. The molecule has 8 nitrogen and oxygen atoms in total. The van der Waals surface area contributed by atoms with Crippen LogP contribution in [0.25, 0.3) is 11.1 Å². The summed E-state index contributed by atoms with van der Waals surface area (Å²) < 4.78 is 4.74. The Labute approximate surface area is 164 Å². The van der Waals surface area contributed by atoms with Gasteiger partial charge in [-0.15, -0.1) is 0 Å². The molecule has 1 aromatic heterocycles. The lowest BCUT2D eigenvalue weighted by Gasteiger charge is -2.16. The zero-order valence-corrected chi connectivity index (χ0v) is 15.8. The number of ether oxygens (including phenoxy) is 1. The van der Waals surface area contributed by atoms with Gasteiger partial charge in [0.2, 0.25) is 0 Å². The molecule has 0 fully saturated rings. The fourth-order valence-electron chi connectivity index (χ4n) is 2.93. The van der Waals surface area contributed by atoms with Crippen molar-refractivity contribution in [3.05, 3.63) is 51.9 Å². The number of aliphatic hydroxyl groups is 1. The number of carboxylic acids is 1. The highest BCUT2D eigenvalue weighted by atomic mass is 32.1. The van der Waals surface area contributed by atoms with Crippen molar-refractivity contribution in [2.45, 2.75) is 0 Å². The van der Waals surface area contributed by atoms with Crippen molar-refractivity contribution in [1.82, 2.24) is 4.90 Å². The van der Waals surface area contributed by atoms with E-state index in [1.54, 1.807) is 12.1 Å². The minimum absolute atomic E-state index is 0.0268. The molecule has 0 bridgehead atoms. The van der Waals surface area contributed by atoms with E-state index < -0.39 is 17.8 Å². The van der Waals surface area contributed by atoms with E-state index in [-0.39, 0.29) is 42.2 Å². The van der Waals surface area contributed by atoms with Crippen LogP contribution in [0.4, 0.5) is 5.69 Å². The van der Waals surface area contributed by atoms with Gasteiger partial charge in [0.15, 0.2) is 0 Å². The molecule has 1 aliphatic heterocycles. The molecule has 0 aliphatic carbocycles. The monoisotopic (exact) mass is 402 g/mol. The van der Waals surface area contributed by atoms with Crippen molar-refractivity contribution in [1.29, 1.82) is 0 Å². The first-order chi connectivity index (χ1) is 13.5. The van der Waals surface area contributed by atoms with Crippen LogP contribution in [-0.2, 0) is 14.3 Å². The molecule has 1 aromatic carbocycles. The SMILES string of the molecule is COC(=O)C1=C(Nc2cc(-c3ccsc3)ccc2C(=O)O)C(=O)N(CCO)C1. The number of aromatic carboxylic acids is 1. The summed E-state index contributed by atoms with van der Waals surface area (Å²) in [6.07, 6.45) is 0. The van der Waals surface area contributed by atoms with E-state index >= 15 is 0 Å². The first kappa shape index (κ1) is 19.6. The van der Waals surface area contributed by atoms with E-state index in [2.05, 4.69) is 5.32 Å². The van der Waals surface area contributed by atoms with Gasteiger partial charge in [0.05, 0.1) is 37.1 Å². The molecule has 1 amide bonds. The number of benzene rings is 1. The van der Waals surface area contributed by atoms with Gasteiger partial charge in [-0.2, -0.15) is 11.3 Å². The molecule has 0 spiro atoms. The Morgan fingerprint density at radius 1 is 1.29 bits per heavy atom. The molecule has 0 saturated heterocycles. The summed E-state index contributed by atoms with van der Waals surface area (Å²) in [5.41, 5.74) is 1.86. The van der Waals surface area contributed by atoms with Crippen LogP contribution in [0.2, 0.25) is 0 Å². The Morgan fingerprint density at radius 2 is 2.07 bits per heavy atom. The van der Waals surface area contributed by atoms with Crippen LogP contribution in [0, 0.1) is 0 Å². The molecule has 2 heterocycles. The number of esters is 1. The van der Waals surface area contributed by atoms with Crippen molar-refractivity contribution < 1.29 is 29.3 Å². The van der Waals surface area contributed by atoms with Crippen LogP contribution in [0.1, 0.15) is 10.4 Å². The maximum atomic E-state index is 12.7. The van der Waals surface area contributed by atoms with E-state index in [4.69, 9.17) is 9.84 Å². The third-order valence-corrected chi connectivity index (χ3v) is 5.00. The molecule has 3 rings (SSSR count). The summed E-state index contributed by atoms with van der Waals surface area (Å²) in [6, 6.07) is 6.64. The first-order valence-electron chi connectivity index (χ1n) is 8.34. The number of nitrogens with one attached hydrogen (secondary N) is 1. The molecule has 1 aliphatic rings. The lowest BCUT2D eigenvalue weighted by atomic mass is 10.0. The van der Waals surface area contributed by atoms with E-state index in [1.807, 2.05) is 16.8 Å². The molecule has 2 aromatic rings. The minimum atomic E-state index is -1.17. The molecule has 0 saturated carbocycles. The van der Waals surface area contributed by atoms with E-state index in [0.29, 0.717) is 0 Å². The fourth-order valence-corrected chi connectivity index (χ4v) is 3.59. The number of hydrogen-bond donors (Lipinski definition) is 3. The second-order valence-corrected chi connectivity index (χ2v) is 6.78. The van der Waals surface area contributed by atoms with Crippen molar-refractivity contribution >= 4 is 34.9 Å². The molecule has 9 heteroatoms. The van der Waals surface area contributed by atoms with E-state index in [0.717, 1.165) is 11.1 Å². The Morgan fingerprint density at radius 3 is 2.68 bits per heavy atom. The summed E-state index contributed by atoms with van der Waals surface area (Å²) in [4.78, 5) is 37.7. The lowest BCUT2D eigenvalue weighted by molar-refractivity contribution is -0.136.